The van der Waals surface area contributed by atoms with Gasteiger partial charge in [-0.15, -0.1) is 0 Å². The molecule has 0 heterocycles. The molecule has 0 aromatic heterocycles. The van der Waals surface area contributed by atoms with Crippen LogP contribution >= 0.6 is 0 Å². The fourth-order valence-electron chi connectivity index (χ4n) is 2.50. The highest BCUT2D eigenvalue weighted by Crippen LogP contribution is 2.35. The van der Waals surface area contributed by atoms with E-state index in [0.29, 0.717) is 5.54 Å². The summed E-state index contributed by atoms with van der Waals surface area (Å²) in [6, 6.07) is 0.729. The summed E-state index contributed by atoms with van der Waals surface area (Å²) in [4.78, 5) is 2.42. The summed E-state index contributed by atoms with van der Waals surface area (Å²) in [6.07, 6.45) is 8.02. The second-order valence-electron chi connectivity index (χ2n) is 5.25. The van der Waals surface area contributed by atoms with Gasteiger partial charge in [0.15, 0.2) is 0 Å². The molecule has 90 valence electrons. The lowest BCUT2D eigenvalue weighted by Gasteiger charge is -2.48. The maximum atomic E-state index is 3.75. The summed E-state index contributed by atoms with van der Waals surface area (Å²) >= 11 is 0. The molecule has 2 heteroatoms. The van der Waals surface area contributed by atoms with Gasteiger partial charge in [-0.05, 0) is 46.2 Å². The lowest BCUT2D eigenvalue weighted by Crippen LogP contribution is -2.57. The van der Waals surface area contributed by atoms with Crippen LogP contribution in [0.5, 0.6) is 0 Å². The van der Waals surface area contributed by atoms with Crippen molar-refractivity contribution in [2.45, 2.75) is 64.0 Å². The minimum atomic E-state index is 0.473. The van der Waals surface area contributed by atoms with Crippen LogP contribution in [0.25, 0.3) is 0 Å². The van der Waals surface area contributed by atoms with Crippen molar-refractivity contribution in [3.8, 4) is 0 Å². The molecule has 1 saturated carbocycles. The Bertz CT molecular complexity index is 173. The molecule has 1 N–H and O–H groups in total. The summed E-state index contributed by atoms with van der Waals surface area (Å²) in [5.74, 6) is 0. The third-order valence-corrected chi connectivity index (χ3v) is 4.08. The first kappa shape index (κ1) is 13.0. The van der Waals surface area contributed by atoms with Gasteiger partial charge >= 0.3 is 0 Å². The van der Waals surface area contributed by atoms with E-state index in [1.54, 1.807) is 0 Å². The summed E-state index contributed by atoms with van der Waals surface area (Å²) in [7, 11) is 4.45. The molecular formula is C13H28N2. The summed E-state index contributed by atoms with van der Waals surface area (Å²) in [6.45, 7) is 5.74. The van der Waals surface area contributed by atoms with E-state index in [0.717, 1.165) is 6.04 Å². The lowest BCUT2D eigenvalue weighted by atomic mass is 9.75. The van der Waals surface area contributed by atoms with Crippen LogP contribution in [-0.4, -0.2) is 37.1 Å². The zero-order valence-corrected chi connectivity index (χ0v) is 11.0. The summed E-state index contributed by atoms with van der Waals surface area (Å²) in [5, 5.41) is 3.75. The van der Waals surface area contributed by atoms with Gasteiger partial charge in [0.05, 0.1) is 0 Å². The number of hydrogen-bond acceptors (Lipinski definition) is 2. The Kier molecular flexibility index (Phi) is 5.07. The minimum absolute atomic E-state index is 0.473. The first-order valence-corrected chi connectivity index (χ1v) is 6.55. The third kappa shape index (κ3) is 3.18. The van der Waals surface area contributed by atoms with Crippen molar-refractivity contribution in [1.29, 1.82) is 0 Å². The van der Waals surface area contributed by atoms with Crippen molar-refractivity contribution in [3.63, 3.8) is 0 Å². The highest BCUT2D eigenvalue weighted by atomic mass is 15.2. The van der Waals surface area contributed by atoms with Gasteiger partial charge < -0.3 is 10.2 Å². The summed E-state index contributed by atoms with van der Waals surface area (Å²) < 4.78 is 0. The number of likely N-dealkylation sites (N-methyl/N-ethyl adjacent to an activating group) is 1. The second kappa shape index (κ2) is 5.86. The fraction of sp³-hybridized carbons (Fsp3) is 1.00. The van der Waals surface area contributed by atoms with Crippen molar-refractivity contribution in [2.24, 2.45) is 0 Å². The Balaban J connectivity index is 2.33. The number of rotatable bonds is 7. The molecule has 1 rings (SSSR count). The molecule has 1 unspecified atom stereocenters. The molecule has 1 atom stereocenters. The average Bonchev–Trinajstić information content (AvgIpc) is 2.13. The largest absolute Gasteiger partial charge is 0.312 e. The lowest BCUT2D eigenvalue weighted by molar-refractivity contribution is 0.0566. The monoisotopic (exact) mass is 212 g/mol. The van der Waals surface area contributed by atoms with E-state index in [2.05, 4.69) is 38.2 Å². The van der Waals surface area contributed by atoms with Gasteiger partial charge in [-0.3, -0.25) is 0 Å². The van der Waals surface area contributed by atoms with Gasteiger partial charge in [0.2, 0.25) is 0 Å². The quantitative estimate of drug-likeness (QED) is 0.698. The molecule has 2 nitrogen and oxygen atoms in total. The molecule has 0 aromatic carbocycles. The molecule has 0 aromatic rings. The standard InChI is InChI=1S/C13H28N2/c1-5-8-12(6-2)14-11-13(15(3)4)9-7-10-13/h12,14H,5-11H2,1-4H3. The molecule has 15 heavy (non-hydrogen) atoms. The SMILES string of the molecule is CCCC(CC)NCC1(N(C)C)CCC1. The highest BCUT2D eigenvalue weighted by Gasteiger charge is 2.38. The molecule has 1 fully saturated rings. The number of nitrogens with zero attached hydrogens (tertiary/aromatic N) is 1. The molecule has 0 radical (unpaired) electrons. The van der Waals surface area contributed by atoms with Crippen molar-refractivity contribution >= 4 is 0 Å². The Morgan fingerprint density at radius 3 is 2.27 bits per heavy atom. The van der Waals surface area contributed by atoms with E-state index in [4.69, 9.17) is 0 Å². The summed E-state index contributed by atoms with van der Waals surface area (Å²) in [5.41, 5.74) is 0.473. The van der Waals surface area contributed by atoms with E-state index < -0.39 is 0 Å². The molecular weight excluding hydrogens is 184 g/mol. The van der Waals surface area contributed by atoms with Crippen LogP contribution in [0.2, 0.25) is 0 Å². The van der Waals surface area contributed by atoms with Crippen molar-refractivity contribution in [1.82, 2.24) is 10.2 Å². The van der Waals surface area contributed by atoms with Crippen LogP contribution in [0.1, 0.15) is 52.4 Å². The zero-order valence-electron chi connectivity index (χ0n) is 11.0. The fourth-order valence-corrected chi connectivity index (χ4v) is 2.50. The number of hydrogen-bond donors (Lipinski definition) is 1. The predicted molar refractivity (Wildman–Crippen MR) is 67.3 cm³/mol. The zero-order chi connectivity index (χ0) is 11.3. The van der Waals surface area contributed by atoms with E-state index >= 15 is 0 Å². The number of nitrogens with one attached hydrogen (secondary N) is 1. The van der Waals surface area contributed by atoms with Gasteiger partial charge in [-0.25, -0.2) is 0 Å². The van der Waals surface area contributed by atoms with Gasteiger partial charge in [-0.2, -0.15) is 0 Å². The van der Waals surface area contributed by atoms with Crippen LogP contribution < -0.4 is 5.32 Å². The Labute approximate surface area is 95.4 Å². The molecule has 0 saturated heterocycles. The van der Waals surface area contributed by atoms with Crippen molar-refractivity contribution in [3.05, 3.63) is 0 Å². The normalized spacial score (nSPS) is 21.4. The molecule has 1 aliphatic rings. The Hall–Kier alpha value is -0.0800. The van der Waals surface area contributed by atoms with Gasteiger partial charge in [0, 0.05) is 18.1 Å². The Morgan fingerprint density at radius 1 is 1.27 bits per heavy atom. The van der Waals surface area contributed by atoms with Crippen LogP contribution in [0.4, 0.5) is 0 Å². The van der Waals surface area contributed by atoms with E-state index in [9.17, 15) is 0 Å². The predicted octanol–water partition coefficient (Wildman–Crippen LogP) is 2.64. The average molecular weight is 212 g/mol. The van der Waals surface area contributed by atoms with Crippen molar-refractivity contribution < 1.29 is 0 Å². The van der Waals surface area contributed by atoms with Crippen molar-refractivity contribution in [2.75, 3.05) is 20.6 Å². The Morgan fingerprint density at radius 2 is 1.93 bits per heavy atom. The molecule has 0 bridgehead atoms. The molecule has 0 aliphatic heterocycles. The van der Waals surface area contributed by atoms with Gasteiger partial charge in [0.1, 0.15) is 0 Å². The van der Waals surface area contributed by atoms with E-state index in [-0.39, 0.29) is 0 Å². The van der Waals surface area contributed by atoms with E-state index in [1.165, 1.54) is 45.1 Å². The van der Waals surface area contributed by atoms with Crippen LogP contribution in [0.15, 0.2) is 0 Å². The second-order valence-corrected chi connectivity index (χ2v) is 5.25. The van der Waals surface area contributed by atoms with Gasteiger partial charge in [-0.1, -0.05) is 20.3 Å². The third-order valence-electron chi connectivity index (χ3n) is 4.08. The van der Waals surface area contributed by atoms with Gasteiger partial charge in [0.25, 0.3) is 0 Å². The first-order chi connectivity index (χ1) is 7.14. The van der Waals surface area contributed by atoms with E-state index in [1.807, 2.05) is 0 Å². The maximum absolute atomic E-state index is 3.75. The van der Waals surface area contributed by atoms with Crippen LogP contribution in [-0.2, 0) is 0 Å². The molecule has 1 aliphatic carbocycles. The van der Waals surface area contributed by atoms with Crippen LogP contribution in [0.3, 0.4) is 0 Å². The smallest absolute Gasteiger partial charge is 0.0328 e. The van der Waals surface area contributed by atoms with Crippen LogP contribution in [0, 0.1) is 0 Å². The molecule has 0 spiro atoms. The first-order valence-electron chi connectivity index (χ1n) is 6.55. The highest BCUT2D eigenvalue weighted by molar-refractivity contribution is 4.98. The molecule has 0 amide bonds. The minimum Gasteiger partial charge on any atom is -0.312 e. The maximum Gasteiger partial charge on any atom is 0.0328 e. The topological polar surface area (TPSA) is 15.3 Å².